The Kier molecular flexibility index (Phi) is 2.98. The molecule has 0 spiro atoms. The molecule has 1 heterocycles. The molecule has 0 saturated heterocycles. The molecular weight excluding hydrogens is 233 g/mol. The van der Waals surface area contributed by atoms with Gasteiger partial charge in [0.1, 0.15) is 0 Å². The summed E-state index contributed by atoms with van der Waals surface area (Å²) in [5.41, 5.74) is 0.191. The smallest absolute Gasteiger partial charge is 0.233 e. The first-order valence-electron chi connectivity index (χ1n) is 4.97. The molecule has 2 nitrogen and oxygen atoms in total. The van der Waals surface area contributed by atoms with E-state index < -0.39 is 5.41 Å². The zero-order chi connectivity index (χ0) is 10.9. The molecule has 15 heavy (non-hydrogen) atoms. The minimum atomic E-state index is -0.563. The first-order chi connectivity index (χ1) is 7.15. The highest BCUT2D eigenvalue weighted by Crippen LogP contribution is 2.42. The maximum atomic E-state index is 11.5. The molecule has 0 amide bonds. The fourth-order valence-electron chi connectivity index (χ4n) is 2.19. The third kappa shape index (κ3) is 1.88. The van der Waals surface area contributed by atoms with Gasteiger partial charge in [-0.3, -0.25) is 9.78 Å². The van der Waals surface area contributed by atoms with E-state index in [1.807, 2.05) is 0 Å². The Morgan fingerprint density at radius 2 is 2.00 bits per heavy atom. The quantitative estimate of drug-likeness (QED) is 0.747. The van der Waals surface area contributed by atoms with E-state index in [-0.39, 0.29) is 5.24 Å². The topological polar surface area (TPSA) is 30.0 Å². The first kappa shape index (κ1) is 10.9. The largest absolute Gasteiger partial charge is 0.280 e. The minimum Gasteiger partial charge on any atom is -0.280 e. The van der Waals surface area contributed by atoms with Crippen LogP contribution in [0.1, 0.15) is 31.4 Å². The Hall–Kier alpha value is -0.600. The van der Waals surface area contributed by atoms with E-state index in [4.69, 9.17) is 23.2 Å². The van der Waals surface area contributed by atoms with Gasteiger partial charge in [0, 0.05) is 6.20 Å². The fourth-order valence-corrected chi connectivity index (χ4v) is 2.59. The Bertz CT molecular complexity index is 369. The molecule has 0 atom stereocenters. The van der Waals surface area contributed by atoms with Crippen molar-refractivity contribution in [1.29, 1.82) is 0 Å². The summed E-state index contributed by atoms with van der Waals surface area (Å²) in [5.74, 6) is 0. The lowest BCUT2D eigenvalue weighted by Crippen LogP contribution is -2.30. The van der Waals surface area contributed by atoms with Crippen LogP contribution in [0.5, 0.6) is 0 Å². The van der Waals surface area contributed by atoms with Crippen molar-refractivity contribution in [3.63, 3.8) is 0 Å². The van der Waals surface area contributed by atoms with Crippen LogP contribution >= 0.6 is 23.2 Å². The molecule has 1 aromatic heterocycles. The van der Waals surface area contributed by atoms with Crippen LogP contribution in [-0.2, 0) is 10.2 Å². The molecule has 80 valence electrons. The van der Waals surface area contributed by atoms with Crippen LogP contribution in [0.25, 0.3) is 0 Å². The second-order valence-electron chi connectivity index (χ2n) is 3.92. The molecule has 1 aliphatic rings. The van der Waals surface area contributed by atoms with Crippen LogP contribution < -0.4 is 0 Å². The maximum Gasteiger partial charge on any atom is 0.233 e. The van der Waals surface area contributed by atoms with Crippen molar-refractivity contribution >= 4 is 28.4 Å². The van der Waals surface area contributed by atoms with Crippen LogP contribution in [0.3, 0.4) is 0 Å². The number of aromatic nitrogens is 1. The molecule has 1 aliphatic carbocycles. The molecular formula is C11H11Cl2NO. The summed E-state index contributed by atoms with van der Waals surface area (Å²) in [7, 11) is 0. The normalized spacial score (nSPS) is 19.1. The van der Waals surface area contributed by atoms with E-state index in [0.717, 1.165) is 31.4 Å². The van der Waals surface area contributed by atoms with Gasteiger partial charge in [0.15, 0.2) is 0 Å². The predicted octanol–water partition coefficient (Wildman–Crippen LogP) is 3.31. The molecule has 1 fully saturated rings. The van der Waals surface area contributed by atoms with Crippen molar-refractivity contribution in [1.82, 2.24) is 4.98 Å². The van der Waals surface area contributed by atoms with Crippen molar-refractivity contribution < 1.29 is 4.79 Å². The summed E-state index contributed by atoms with van der Waals surface area (Å²) >= 11 is 11.5. The van der Waals surface area contributed by atoms with Crippen LogP contribution in [0.15, 0.2) is 18.3 Å². The lowest BCUT2D eigenvalue weighted by molar-refractivity contribution is -0.116. The van der Waals surface area contributed by atoms with E-state index in [0.29, 0.717) is 5.02 Å². The fraction of sp³-hybridized carbons (Fsp3) is 0.455. The van der Waals surface area contributed by atoms with Crippen LogP contribution in [0.4, 0.5) is 0 Å². The number of carbonyl (C=O) groups is 1. The van der Waals surface area contributed by atoms with E-state index in [2.05, 4.69) is 4.98 Å². The molecule has 0 aliphatic heterocycles. The van der Waals surface area contributed by atoms with E-state index in [9.17, 15) is 4.79 Å². The molecule has 2 rings (SSSR count). The standard InChI is InChI=1S/C11H11Cl2NO/c12-8-3-4-9(14-7-8)11(10(13)15)5-1-2-6-11/h3-4,7H,1-2,5-6H2. The zero-order valence-electron chi connectivity index (χ0n) is 8.17. The molecule has 0 bridgehead atoms. The molecule has 0 aromatic carbocycles. The van der Waals surface area contributed by atoms with Crippen LogP contribution in [-0.4, -0.2) is 10.2 Å². The number of carbonyl (C=O) groups excluding carboxylic acids is 1. The first-order valence-corrected chi connectivity index (χ1v) is 5.73. The minimum absolute atomic E-state index is 0.296. The highest BCUT2D eigenvalue weighted by Gasteiger charge is 2.42. The summed E-state index contributed by atoms with van der Waals surface area (Å²) in [4.78, 5) is 15.8. The molecule has 4 heteroatoms. The van der Waals surface area contributed by atoms with E-state index >= 15 is 0 Å². The molecule has 1 saturated carbocycles. The summed E-state index contributed by atoms with van der Waals surface area (Å²) < 4.78 is 0. The summed E-state index contributed by atoms with van der Waals surface area (Å²) in [6, 6.07) is 3.55. The monoisotopic (exact) mass is 243 g/mol. The number of hydrogen-bond acceptors (Lipinski definition) is 2. The molecule has 0 unspecified atom stereocenters. The average molecular weight is 244 g/mol. The van der Waals surface area contributed by atoms with Crippen LogP contribution in [0, 0.1) is 0 Å². The van der Waals surface area contributed by atoms with Gasteiger partial charge in [-0.25, -0.2) is 0 Å². The highest BCUT2D eigenvalue weighted by molar-refractivity contribution is 6.65. The van der Waals surface area contributed by atoms with Gasteiger partial charge in [-0.15, -0.1) is 0 Å². The Morgan fingerprint density at radius 1 is 1.33 bits per heavy atom. The zero-order valence-corrected chi connectivity index (χ0v) is 9.68. The maximum absolute atomic E-state index is 11.5. The summed E-state index contributed by atoms with van der Waals surface area (Å²) in [6.45, 7) is 0. The van der Waals surface area contributed by atoms with Gasteiger partial charge in [-0.05, 0) is 36.6 Å². The van der Waals surface area contributed by atoms with E-state index in [1.165, 1.54) is 0 Å². The van der Waals surface area contributed by atoms with Gasteiger partial charge in [0.25, 0.3) is 0 Å². The van der Waals surface area contributed by atoms with E-state index in [1.54, 1.807) is 18.3 Å². The van der Waals surface area contributed by atoms with Gasteiger partial charge in [-0.1, -0.05) is 24.4 Å². The van der Waals surface area contributed by atoms with Crippen LogP contribution in [0.2, 0.25) is 5.02 Å². The van der Waals surface area contributed by atoms with Crippen molar-refractivity contribution in [2.45, 2.75) is 31.1 Å². The second kappa shape index (κ2) is 4.11. The van der Waals surface area contributed by atoms with Gasteiger partial charge in [0.05, 0.1) is 16.1 Å². The summed E-state index contributed by atoms with van der Waals surface area (Å²) in [6.07, 6.45) is 5.22. The third-order valence-corrected chi connectivity index (χ3v) is 3.64. The lowest BCUT2D eigenvalue weighted by Gasteiger charge is -2.23. The second-order valence-corrected chi connectivity index (χ2v) is 4.70. The predicted molar refractivity (Wildman–Crippen MR) is 60.3 cm³/mol. The summed E-state index contributed by atoms with van der Waals surface area (Å²) in [5, 5.41) is 0.281. The number of halogens is 2. The Morgan fingerprint density at radius 3 is 2.47 bits per heavy atom. The number of rotatable bonds is 2. The third-order valence-electron chi connectivity index (χ3n) is 3.05. The van der Waals surface area contributed by atoms with Crippen molar-refractivity contribution in [3.05, 3.63) is 29.0 Å². The Labute approximate surface area is 98.6 Å². The average Bonchev–Trinajstić information content (AvgIpc) is 2.69. The Balaban J connectivity index is 2.41. The molecule has 0 N–H and O–H groups in total. The molecule has 1 aromatic rings. The number of pyridine rings is 1. The van der Waals surface area contributed by atoms with Crippen molar-refractivity contribution in [2.75, 3.05) is 0 Å². The van der Waals surface area contributed by atoms with Gasteiger partial charge < -0.3 is 0 Å². The van der Waals surface area contributed by atoms with Gasteiger partial charge >= 0.3 is 0 Å². The molecule has 0 radical (unpaired) electrons. The van der Waals surface area contributed by atoms with Crippen molar-refractivity contribution in [2.24, 2.45) is 0 Å². The SMILES string of the molecule is O=C(Cl)C1(c2ccc(Cl)cn2)CCCC1. The lowest BCUT2D eigenvalue weighted by atomic mass is 9.84. The number of hydrogen-bond donors (Lipinski definition) is 0. The highest BCUT2D eigenvalue weighted by atomic mass is 35.5. The van der Waals surface area contributed by atoms with Gasteiger partial charge in [-0.2, -0.15) is 0 Å². The van der Waals surface area contributed by atoms with Gasteiger partial charge in [0.2, 0.25) is 5.24 Å². The van der Waals surface area contributed by atoms with Crippen molar-refractivity contribution in [3.8, 4) is 0 Å². The number of nitrogens with zero attached hydrogens (tertiary/aromatic N) is 1.